The van der Waals surface area contributed by atoms with Crippen LogP contribution >= 0.6 is 0 Å². The van der Waals surface area contributed by atoms with Crippen LogP contribution in [0.1, 0.15) is 41.0 Å². The third-order valence-electron chi connectivity index (χ3n) is 3.93. The molecule has 0 amide bonds. The minimum absolute atomic E-state index is 0.856. The van der Waals surface area contributed by atoms with Gasteiger partial charge >= 0.3 is 0 Å². The number of benzene rings is 2. The van der Waals surface area contributed by atoms with Crippen molar-refractivity contribution in [2.45, 2.75) is 38.8 Å². The lowest BCUT2D eigenvalue weighted by atomic mass is 10.1. The van der Waals surface area contributed by atoms with Gasteiger partial charge in [0.15, 0.2) is 0 Å². The topological polar surface area (TPSA) is 12.0 Å². The van der Waals surface area contributed by atoms with Crippen LogP contribution < -0.4 is 5.32 Å². The van der Waals surface area contributed by atoms with Gasteiger partial charge < -0.3 is 5.32 Å². The normalized spacial score (nSPS) is 14.6. The lowest BCUT2D eigenvalue weighted by Crippen LogP contribution is -2.13. The van der Waals surface area contributed by atoms with E-state index in [2.05, 4.69) is 60.8 Å². The average Bonchev–Trinajstić information content (AvgIpc) is 3.26. The van der Waals surface area contributed by atoms with Crippen LogP contribution in [-0.2, 0) is 13.1 Å². The maximum absolute atomic E-state index is 3.52. The maximum atomic E-state index is 3.52. The molecule has 0 bridgehead atoms. The quantitative estimate of drug-likeness (QED) is 0.841. The molecule has 98 valence electrons. The molecular weight excluding hydrogens is 230 g/mol. The fourth-order valence-electron chi connectivity index (χ4n) is 2.47. The van der Waals surface area contributed by atoms with Crippen molar-refractivity contribution in [3.8, 4) is 0 Å². The number of nitrogens with one attached hydrogen (secondary N) is 1. The predicted molar refractivity (Wildman–Crippen MR) is 80.1 cm³/mol. The zero-order valence-corrected chi connectivity index (χ0v) is 11.5. The first-order valence-electron chi connectivity index (χ1n) is 7.17. The van der Waals surface area contributed by atoms with Gasteiger partial charge in [-0.15, -0.1) is 0 Å². The molecule has 0 radical (unpaired) electrons. The van der Waals surface area contributed by atoms with Crippen molar-refractivity contribution in [1.82, 2.24) is 5.32 Å². The highest BCUT2D eigenvalue weighted by Crippen LogP contribution is 2.39. The summed E-state index contributed by atoms with van der Waals surface area (Å²) < 4.78 is 0. The Kier molecular flexibility index (Phi) is 3.65. The van der Waals surface area contributed by atoms with Gasteiger partial charge in [0, 0.05) is 13.1 Å². The molecular formula is C18H21N. The lowest BCUT2D eigenvalue weighted by Gasteiger charge is -2.08. The number of aryl methyl sites for hydroxylation is 1. The molecule has 1 nitrogen and oxygen atoms in total. The number of hydrogen-bond donors (Lipinski definition) is 1. The second kappa shape index (κ2) is 5.58. The van der Waals surface area contributed by atoms with Gasteiger partial charge in [0.25, 0.3) is 0 Å². The van der Waals surface area contributed by atoms with Gasteiger partial charge in [-0.25, -0.2) is 0 Å². The first kappa shape index (κ1) is 12.4. The Labute approximate surface area is 115 Å². The average molecular weight is 251 g/mol. The third kappa shape index (κ3) is 3.24. The summed E-state index contributed by atoms with van der Waals surface area (Å²) >= 11 is 0. The molecule has 0 aliphatic heterocycles. The fraction of sp³-hybridized carbons (Fsp3) is 0.333. The van der Waals surface area contributed by atoms with Gasteiger partial charge in [0.05, 0.1) is 0 Å². The van der Waals surface area contributed by atoms with E-state index in [0.717, 1.165) is 19.0 Å². The molecule has 3 rings (SSSR count). The van der Waals surface area contributed by atoms with Gasteiger partial charge in [0.2, 0.25) is 0 Å². The van der Waals surface area contributed by atoms with Crippen LogP contribution in [0.25, 0.3) is 0 Å². The van der Waals surface area contributed by atoms with Crippen LogP contribution in [-0.4, -0.2) is 0 Å². The van der Waals surface area contributed by atoms with Crippen molar-refractivity contribution in [2.24, 2.45) is 0 Å². The summed E-state index contributed by atoms with van der Waals surface area (Å²) in [5.74, 6) is 0.856. The molecule has 0 atom stereocenters. The second-order valence-corrected chi connectivity index (χ2v) is 5.55. The van der Waals surface area contributed by atoms with E-state index in [1.165, 1.54) is 35.1 Å². The Hall–Kier alpha value is -1.60. The first-order chi connectivity index (χ1) is 9.33. The van der Waals surface area contributed by atoms with Crippen molar-refractivity contribution in [2.75, 3.05) is 0 Å². The van der Waals surface area contributed by atoms with Crippen molar-refractivity contribution < 1.29 is 0 Å². The van der Waals surface area contributed by atoms with E-state index in [1.807, 2.05) is 0 Å². The molecule has 19 heavy (non-hydrogen) atoms. The summed E-state index contributed by atoms with van der Waals surface area (Å²) in [5.41, 5.74) is 5.64. The summed E-state index contributed by atoms with van der Waals surface area (Å²) in [6.45, 7) is 4.05. The lowest BCUT2D eigenvalue weighted by molar-refractivity contribution is 0.690. The smallest absolute Gasteiger partial charge is 0.0211 e. The molecule has 1 N–H and O–H groups in total. The Morgan fingerprint density at radius 3 is 2.37 bits per heavy atom. The second-order valence-electron chi connectivity index (χ2n) is 5.55. The van der Waals surface area contributed by atoms with Crippen LogP contribution in [0.4, 0.5) is 0 Å². The molecule has 2 aromatic carbocycles. The van der Waals surface area contributed by atoms with Crippen molar-refractivity contribution in [3.05, 3.63) is 70.8 Å². The Balaban J connectivity index is 1.53. The minimum atomic E-state index is 0.856. The monoisotopic (exact) mass is 251 g/mol. The fourth-order valence-corrected chi connectivity index (χ4v) is 2.47. The van der Waals surface area contributed by atoms with E-state index in [1.54, 1.807) is 0 Å². The van der Waals surface area contributed by atoms with Gasteiger partial charge in [-0.2, -0.15) is 0 Å². The Morgan fingerprint density at radius 2 is 1.68 bits per heavy atom. The molecule has 1 fully saturated rings. The minimum Gasteiger partial charge on any atom is -0.309 e. The van der Waals surface area contributed by atoms with Crippen LogP contribution in [0.3, 0.4) is 0 Å². The van der Waals surface area contributed by atoms with E-state index in [0.29, 0.717) is 0 Å². The molecule has 1 aliphatic carbocycles. The van der Waals surface area contributed by atoms with Crippen LogP contribution in [0.15, 0.2) is 48.5 Å². The molecule has 0 saturated heterocycles. The van der Waals surface area contributed by atoms with Gasteiger partial charge in [-0.1, -0.05) is 48.5 Å². The zero-order chi connectivity index (χ0) is 13.1. The highest BCUT2D eigenvalue weighted by molar-refractivity contribution is 5.28. The highest BCUT2D eigenvalue weighted by atomic mass is 14.8. The summed E-state index contributed by atoms with van der Waals surface area (Å²) in [7, 11) is 0. The highest BCUT2D eigenvalue weighted by Gasteiger charge is 2.22. The zero-order valence-electron chi connectivity index (χ0n) is 11.5. The molecule has 2 aromatic rings. The summed E-state index contributed by atoms with van der Waals surface area (Å²) in [5, 5.41) is 3.52. The standard InChI is InChI=1S/C18H21N/c1-14-4-2-3-5-18(14)13-19-12-15-6-8-16(9-7-15)17-10-11-17/h2-9,17,19H,10-13H2,1H3. The van der Waals surface area contributed by atoms with Gasteiger partial charge in [0.1, 0.15) is 0 Å². The molecule has 0 aromatic heterocycles. The van der Waals surface area contributed by atoms with Crippen molar-refractivity contribution in [1.29, 1.82) is 0 Å². The van der Waals surface area contributed by atoms with Gasteiger partial charge in [-0.3, -0.25) is 0 Å². The summed E-state index contributed by atoms with van der Waals surface area (Å²) in [4.78, 5) is 0. The SMILES string of the molecule is Cc1ccccc1CNCc1ccc(C2CC2)cc1. The molecule has 1 saturated carbocycles. The Morgan fingerprint density at radius 1 is 0.947 bits per heavy atom. The molecule has 0 heterocycles. The molecule has 0 unspecified atom stereocenters. The van der Waals surface area contributed by atoms with E-state index in [-0.39, 0.29) is 0 Å². The van der Waals surface area contributed by atoms with E-state index in [9.17, 15) is 0 Å². The summed E-state index contributed by atoms with van der Waals surface area (Å²) in [6, 6.07) is 17.7. The van der Waals surface area contributed by atoms with E-state index >= 15 is 0 Å². The van der Waals surface area contributed by atoms with E-state index < -0.39 is 0 Å². The number of hydrogen-bond acceptors (Lipinski definition) is 1. The largest absolute Gasteiger partial charge is 0.309 e. The van der Waals surface area contributed by atoms with Crippen LogP contribution in [0.5, 0.6) is 0 Å². The predicted octanol–water partition coefficient (Wildman–Crippen LogP) is 4.16. The van der Waals surface area contributed by atoms with Gasteiger partial charge in [-0.05, 0) is 47.9 Å². The molecule has 1 aliphatic rings. The molecule has 0 spiro atoms. The van der Waals surface area contributed by atoms with Crippen molar-refractivity contribution >= 4 is 0 Å². The van der Waals surface area contributed by atoms with Crippen LogP contribution in [0.2, 0.25) is 0 Å². The third-order valence-corrected chi connectivity index (χ3v) is 3.93. The maximum Gasteiger partial charge on any atom is 0.0211 e. The van der Waals surface area contributed by atoms with Crippen LogP contribution in [0, 0.1) is 6.92 Å². The van der Waals surface area contributed by atoms with Crippen molar-refractivity contribution in [3.63, 3.8) is 0 Å². The Bertz CT molecular complexity index is 538. The number of rotatable bonds is 5. The first-order valence-corrected chi connectivity index (χ1v) is 7.17. The summed E-state index contributed by atoms with van der Waals surface area (Å²) in [6.07, 6.45) is 2.76. The van der Waals surface area contributed by atoms with E-state index in [4.69, 9.17) is 0 Å². The molecule has 1 heteroatoms.